The van der Waals surface area contributed by atoms with Crippen LogP contribution in [0.15, 0.2) is 0 Å². The number of nitrogens with zero attached hydrogens (tertiary/aromatic N) is 2. The fourth-order valence-corrected chi connectivity index (χ4v) is 2.49. The van der Waals surface area contributed by atoms with Gasteiger partial charge in [-0.2, -0.15) is 0 Å². The third kappa shape index (κ3) is 4.26. The number of carbonyl (C=O) groups excluding carboxylic acids is 1. The number of carbonyl (C=O) groups is 1. The standard InChI is InChI=1S/C12H24N4O/c1-15-6-8-16(9-7-15)14-12(17)10-11-2-4-13-5-3-11/h11,13H,2-10H2,1H3,(H,14,17). The van der Waals surface area contributed by atoms with Crippen molar-refractivity contribution in [2.75, 3.05) is 46.3 Å². The van der Waals surface area contributed by atoms with Gasteiger partial charge in [-0.15, -0.1) is 0 Å². The number of piperidine rings is 1. The fourth-order valence-electron chi connectivity index (χ4n) is 2.49. The second-order valence-electron chi connectivity index (χ2n) is 5.22. The van der Waals surface area contributed by atoms with Crippen molar-refractivity contribution in [2.24, 2.45) is 5.92 Å². The van der Waals surface area contributed by atoms with Crippen molar-refractivity contribution in [1.29, 1.82) is 0 Å². The molecule has 0 radical (unpaired) electrons. The summed E-state index contributed by atoms with van der Waals surface area (Å²) in [6, 6.07) is 0. The van der Waals surface area contributed by atoms with Crippen molar-refractivity contribution >= 4 is 5.91 Å². The van der Waals surface area contributed by atoms with E-state index in [1.807, 2.05) is 0 Å². The van der Waals surface area contributed by atoms with E-state index < -0.39 is 0 Å². The topological polar surface area (TPSA) is 47.6 Å². The smallest absolute Gasteiger partial charge is 0.234 e. The van der Waals surface area contributed by atoms with E-state index in [4.69, 9.17) is 0 Å². The quantitative estimate of drug-likeness (QED) is 0.708. The van der Waals surface area contributed by atoms with Gasteiger partial charge < -0.3 is 10.2 Å². The summed E-state index contributed by atoms with van der Waals surface area (Å²) in [5.41, 5.74) is 3.03. The molecule has 2 saturated heterocycles. The molecule has 2 fully saturated rings. The molecule has 2 rings (SSSR count). The summed E-state index contributed by atoms with van der Waals surface area (Å²) in [5, 5.41) is 5.39. The zero-order valence-electron chi connectivity index (χ0n) is 10.7. The first-order valence-electron chi connectivity index (χ1n) is 6.68. The second kappa shape index (κ2) is 6.33. The van der Waals surface area contributed by atoms with Crippen LogP contribution in [0, 0.1) is 5.92 Å². The number of hydrogen-bond acceptors (Lipinski definition) is 4. The highest BCUT2D eigenvalue weighted by atomic mass is 16.2. The lowest BCUT2D eigenvalue weighted by Crippen LogP contribution is -2.52. The van der Waals surface area contributed by atoms with Gasteiger partial charge in [0.05, 0.1) is 0 Å². The summed E-state index contributed by atoms with van der Waals surface area (Å²) in [4.78, 5) is 14.2. The van der Waals surface area contributed by atoms with Crippen molar-refractivity contribution < 1.29 is 4.79 Å². The summed E-state index contributed by atoms with van der Waals surface area (Å²) in [5.74, 6) is 0.769. The van der Waals surface area contributed by atoms with Crippen LogP contribution in [0.4, 0.5) is 0 Å². The molecule has 2 N–H and O–H groups in total. The summed E-state index contributed by atoms with van der Waals surface area (Å²) < 4.78 is 0. The predicted molar refractivity (Wildman–Crippen MR) is 67.4 cm³/mol. The second-order valence-corrected chi connectivity index (χ2v) is 5.22. The predicted octanol–water partition coefficient (Wildman–Crippen LogP) is -0.345. The van der Waals surface area contributed by atoms with Gasteiger partial charge in [-0.05, 0) is 38.9 Å². The van der Waals surface area contributed by atoms with Crippen LogP contribution < -0.4 is 10.7 Å². The molecule has 0 aromatic carbocycles. The molecule has 2 aliphatic rings. The van der Waals surface area contributed by atoms with Gasteiger partial charge in [-0.1, -0.05) is 0 Å². The first kappa shape index (κ1) is 12.8. The van der Waals surface area contributed by atoms with Crippen molar-refractivity contribution in [3.05, 3.63) is 0 Å². The van der Waals surface area contributed by atoms with E-state index in [1.54, 1.807) is 0 Å². The van der Waals surface area contributed by atoms with Gasteiger partial charge in [-0.25, -0.2) is 5.01 Å². The van der Waals surface area contributed by atoms with E-state index >= 15 is 0 Å². The Morgan fingerprint density at radius 3 is 2.53 bits per heavy atom. The molecular formula is C12H24N4O. The first-order chi connectivity index (χ1) is 8.24. The molecule has 0 bridgehead atoms. The van der Waals surface area contributed by atoms with Crippen LogP contribution in [0.25, 0.3) is 0 Å². The Hall–Kier alpha value is -0.650. The molecule has 1 amide bonds. The van der Waals surface area contributed by atoms with E-state index in [-0.39, 0.29) is 5.91 Å². The molecule has 2 aliphatic heterocycles. The van der Waals surface area contributed by atoms with Crippen molar-refractivity contribution in [1.82, 2.24) is 20.7 Å². The third-order valence-electron chi connectivity index (χ3n) is 3.72. The highest BCUT2D eigenvalue weighted by Gasteiger charge is 2.19. The average molecular weight is 240 g/mol. The molecule has 5 nitrogen and oxygen atoms in total. The number of piperazine rings is 1. The Morgan fingerprint density at radius 2 is 1.88 bits per heavy atom. The molecule has 0 unspecified atom stereocenters. The monoisotopic (exact) mass is 240 g/mol. The maximum atomic E-state index is 11.9. The van der Waals surface area contributed by atoms with Crippen molar-refractivity contribution in [2.45, 2.75) is 19.3 Å². The SMILES string of the molecule is CN1CCN(NC(=O)CC2CCNCC2)CC1. The van der Waals surface area contributed by atoms with Gasteiger partial charge in [-0.3, -0.25) is 10.2 Å². The van der Waals surface area contributed by atoms with E-state index in [9.17, 15) is 4.79 Å². The Kier molecular flexibility index (Phi) is 4.76. The normalized spacial score (nSPS) is 24.8. The Bertz CT molecular complexity index is 245. The summed E-state index contributed by atoms with van der Waals surface area (Å²) in [6.45, 7) is 6.07. The maximum absolute atomic E-state index is 11.9. The molecule has 0 atom stereocenters. The van der Waals surface area contributed by atoms with Gasteiger partial charge in [0.15, 0.2) is 0 Å². The average Bonchev–Trinajstić information content (AvgIpc) is 2.33. The van der Waals surface area contributed by atoms with Gasteiger partial charge in [0.25, 0.3) is 0 Å². The Morgan fingerprint density at radius 1 is 1.24 bits per heavy atom. The lowest BCUT2D eigenvalue weighted by molar-refractivity contribution is -0.127. The fraction of sp³-hybridized carbons (Fsp3) is 0.917. The molecule has 0 saturated carbocycles. The minimum atomic E-state index is 0.196. The van der Waals surface area contributed by atoms with Crippen LogP contribution in [-0.2, 0) is 4.79 Å². The minimum Gasteiger partial charge on any atom is -0.317 e. The zero-order chi connectivity index (χ0) is 12.1. The van der Waals surface area contributed by atoms with Gasteiger partial charge >= 0.3 is 0 Å². The van der Waals surface area contributed by atoms with Gasteiger partial charge in [0.2, 0.25) is 5.91 Å². The maximum Gasteiger partial charge on any atom is 0.234 e. The number of likely N-dealkylation sites (N-methyl/N-ethyl adjacent to an activating group) is 1. The summed E-state index contributed by atoms with van der Waals surface area (Å²) >= 11 is 0. The lowest BCUT2D eigenvalue weighted by Gasteiger charge is -2.33. The number of amides is 1. The van der Waals surface area contributed by atoms with Crippen molar-refractivity contribution in [3.63, 3.8) is 0 Å². The van der Waals surface area contributed by atoms with Crippen LogP contribution in [0.3, 0.4) is 0 Å². The van der Waals surface area contributed by atoms with Crippen molar-refractivity contribution in [3.8, 4) is 0 Å². The number of hydrazine groups is 1. The third-order valence-corrected chi connectivity index (χ3v) is 3.72. The molecule has 0 spiro atoms. The largest absolute Gasteiger partial charge is 0.317 e. The van der Waals surface area contributed by atoms with E-state index in [1.165, 1.54) is 0 Å². The molecule has 0 aromatic rings. The molecule has 17 heavy (non-hydrogen) atoms. The minimum absolute atomic E-state index is 0.196. The molecular weight excluding hydrogens is 216 g/mol. The van der Waals surface area contributed by atoms with Crippen LogP contribution >= 0.6 is 0 Å². The first-order valence-corrected chi connectivity index (χ1v) is 6.68. The highest BCUT2D eigenvalue weighted by molar-refractivity contribution is 5.75. The Balaban J connectivity index is 1.66. The number of rotatable bonds is 3. The van der Waals surface area contributed by atoms with Crippen LogP contribution in [0.2, 0.25) is 0 Å². The van der Waals surface area contributed by atoms with Gasteiger partial charge in [0, 0.05) is 32.6 Å². The molecule has 2 heterocycles. The molecule has 5 heteroatoms. The van der Waals surface area contributed by atoms with Crippen LogP contribution in [-0.4, -0.2) is 62.1 Å². The van der Waals surface area contributed by atoms with E-state index in [0.29, 0.717) is 12.3 Å². The molecule has 0 aromatic heterocycles. The summed E-state index contributed by atoms with van der Waals surface area (Å²) in [6.07, 6.45) is 2.96. The Labute approximate surface area is 103 Å². The zero-order valence-corrected chi connectivity index (χ0v) is 10.7. The molecule has 0 aliphatic carbocycles. The van der Waals surface area contributed by atoms with Crippen LogP contribution in [0.1, 0.15) is 19.3 Å². The lowest BCUT2D eigenvalue weighted by atomic mass is 9.94. The highest BCUT2D eigenvalue weighted by Crippen LogP contribution is 2.15. The molecule has 98 valence electrons. The number of nitrogens with one attached hydrogen (secondary N) is 2. The summed E-state index contributed by atoms with van der Waals surface area (Å²) in [7, 11) is 2.12. The van der Waals surface area contributed by atoms with Gasteiger partial charge in [0.1, 0.15) is 0 Å². The number of hydrogen-bond donors (Lipinski definition) is 2. The van der Waals surface area contributed by atoms with E-state index in [2.05, 4.69) is 27.7 Å². The van der Waals surface area contributed by atoms with Crippen LogP contribution in [0.5, 0.6) is 0 Å². The van der Waals surface area contributed by atoms with E-state index in [0.717, 1.165) is 52.1 Å².